The van der Waals surface area contributed by atoms with Crippen LogP contribution < -0.4 is 4.74 Å². The molecule has 0 heterocycles. The highest BCUT2D eigenvalue weighted by Gasteiger charge is 2.25. The summed E-state index contributed by atoms with van der Waals surface area (Å²) in [5.41, 5.74) is 3.06. The number of ether oxygens (including phenoxy) is 1. The molecular formula is C32H35F3O. The average molecular weight is 493 g/mol. The van der Waals surface area contributed by atoms with Gasteiger partial charge in [0.15, 0.2) is 11.6 Å². The molecule has 0 aliphatic heterocycles. The molecule has 0 atom stereocenters. The summed E-state index contributed by atoms with van der Waals surface area (Å²) in [6.45, 7) is 4.70. The van der Waals surface area contributed by atoms with E-state index in [1.165, 1.54) is 6.07 Å². The second-order valence-corrected chi connectivity index (χ2v) is 9.91. The summed E-state index contributed by atoms with van der Waals surface area (Å²) < 4.78 is 50.1. The van der Waals surface area contributed by atoms with Gasteiger partial charge in [-0.05, 0) is 74.1 Å². The van der Waals surface area contributed by atoms with E-state index in [2.05, 4.69) is 6.92 Å². The minimum atomic E-state index is -0.772. The van der Waals surface area contributed by atoms with E-state index >= 15 is 4.39 Å². The first kappa shape index (κ1) is 26.1. The van der Waals surface area contributed by atoms with E-state index in [1.807, 2.05) is 49.4 Å². The first-order valence-corrected chi connectivity index (χ1v) is 13.1. The van der Waals surface area contributed by atoms with Gasteiger partial charge in [0.1, 0.15) is 11.6 Å². The maximum Gasteiger partial charge on any atom is 0.166 e. The Labute approximate surface area is 213 Å². The summed E-state index contributed by atoms with van der Waals surface area (Å²) in [7, 11) is 0. The monoisotopic (exact) mass is 492 g/mol. The zero-order valence-corrected chi connectivity index (χ0v) is 21.2. The van der Waals surface area contributed by atoms with E-state index in [-0.39, 0.29) is 11.7 Å². The van der Waals surface area contributed by atoms with E-state index in [4.69, 9.17) is 4.74 Å². The molecular weight excluding hydrogens is 457 g/mol. The topological polar surface area (TPSA) is 9.23 Å². The minimum Gasteiger partial charge on any atom is -0.493 e. The lowest BCUT2D eigenvalue weighted by atomic mass is 9.78. The van der Waals surface area contributed by atoms with Gasteiger partial charge < -0.3 is 4.74 Å². The molecule has 0 amide bonds. The number of halogens is 3. The summed E-state index contributed by atoms with van der Waals surface area (Å²) >= 11 is 0. The van der Waals surface area contributed by atoms with Crippen LogP contribution in [0.1, 0.15) is 74.5 Å². The van der Waals surface area contributed by atoms with Crippen LogP contribution in [0.4, 0.5) is 13.2 Å². The van der Waals surface area contributed by atoms with Gasteiger partial charge in [0, 0.05) is 17.2 Å². The molecule has 0 spiro atoms. The van der Waals surface area contributed by atoms with Gasteiger partial charge >= 0.3 is 0 Å². The first-order chi connectivity index (χ1) is 17.5. The second-order valence-electron chi connectivity index (χ2n) is 9.91. The van der Waals surface area contributed by atoms with Gasteiger partial charge in [0.25, 0.3) is 0 Å². The molecule has 1 nitrogen and oxygen atoms in total. The summed E-state index contributed by atoms with van der Waals surface area (Å²) in [4.78, 5) is 0. The van der Waals surface area contributed by atoms with Crippen LogP contribution in [0, 0.1) is 30.3 Å². The lowest BCUT2D eigenvalue weighted by Gasteiger charge is -2.27. The fourth-order valence-corrected chi connectivity index (χ4v) is 4.97. The SMILES string of the molecule is CCCCCOc1ccc(/C=C/C2CCC(c3ccc(-c4ccc(C)cc4)c(F)c3F)CC2)c(F)c1. The lowest BCUT2D eigenvalue weighted by molar-refractivity contribution is 0.305. The van der Waals surface area contributed by atoms with Crippen LogP contribution >= 0.6 is 0 Å². The molecule has 3 aromatic rings. The van der Waals surface area contributed by atoms with Crippen molar-refractivity contribution in [2.75, 3.05) is 6.61 Å². The largest absolute Gasteiger partial charge is 0.493 e. The van der Waals surface area contributed by atoms with Crippen LogP contribution in [0.5, 0.6) is 5.75 Å². The number of allylic oxidation sites excluding steroid dienone is 1. The highest BCUT2D eigenvalue weighted by molar-refractivity contribution is 5.65. The molecule has 1 fully saturated rings. The number of hydrogen-bond acceptors (Lipinski definition) is 1. The summed E-state index contributed by atoms with van der Waals surface area (Å²) in [6.07, 6.45) is 10.4. The van der Waals surface area contributed by atoms with Crippen molar-refractivity contribution in [3.05, 3.63) is 94.8 Å². The molecule has 0 N–H and O–H groups in total. The standard InChI is InChI=1S/C32H35F3O/c1-3-4-5-20-36-27-17-16-26(30(33)21-27)15-10-23-8-13-25(14-9-23)29-19-18-28(31(34)32(29)35)24-11-6-22(2)7-12-24/h6-7,10-12,15-19,21,23,25H,3-5,8-9,13-14,20H2,1-2H3/b15-10+. The maximum atomic E-state index is 15.0. The Morgan fingerprint density at radius 1 is 0.861 bits per heavy atom. The quantitative estimate of drug-likeness (QED) is 0.270. The van der Waals surface area contributed by atoms with Crippen molar-refractivity contribution < 1.29 is 17.9 Å². The molecule has 0 aromatic heterocycles. The number of rotatable bonds is 9. The van der Waals surface area contributed by atoms with Crippen molar-refractivity contribution in [1.82, 2.24) is 0 Å². The van der Waals surface area contributed by atoms with Gasteiger partial charge in [-0.2, -0.15) is 0 Å². The Balaban J connectivity index is 1.34. The maximum absolute atomic E-state index is 15.0. The molecule has 1 saturated carbocycles. The molecule has 3 aromatic carbocycles. The Hall–Kier alpha value is -3.01. The third kappa shape index (κ3) is 6.40. The second kappa shape index (κ2) is 12.3. The fraction of sp³-hybridized carbons (Fsp3) is 0.375. The molecule has 0 radical (unpaired) electrons. The van der Waals surface area contributed by atoms with Crippen LogP contribution in [-0.4, -0.2) is 6.61 Å². The van der Waals surface area contributed by atoms with Crippen molar-refractivity contribution in [2.24, 2.45) is 5.92 Å². The Morgan fingerprint density at radius 3 is 2.31 bits per heavy atom. The van der Waals surface area contributed by atoms with E-state index in [0.717, 1.165) is 50.5 Å². The van der Waals surface area contributed by atoms with Crippen LogP contribution in [-0.2, 0) is 0 Å². The van der Waals surface area contributed by atoms with Gasteiger partial charge in [-0.15, -0.1) is 0 Å². The van der Waals surface area contributed by atoms with Crippen molar-refractivity contribution in [1.29, 1.82) is 0 Å². The van der Waals surface area contributed by atoms with Crippen LogP contribution in [0.25, 0.3) is 17.2 Å². The van der Waals surface area contributed by atoms with Gasteiger partial charge in [-0.1, -0.05) is 73.9 Å². The molecule has 4 rings (SSSR count). The zero-order chi connectivity index (χ0) is 25.5. The molecule has 0 unspecified atom stereocenters. The highest BCUT2D eigenvalue weighted by Crippen LogP contribution is 2.39. The minimum absolute atomic E-state index is 0.00269. The van der Waals surface area contributed by atoms with Crippen LogP contribution in [0.3, 0.4) is 0 Å². The van der Waals surface area contributed by atoms with E-state index in [1.54, 1.807) is 18.2 Å². The van der Waals surface area contributed by atoms with Crippen molar-refractivity contribution in [3.63, 3.8) is 0 Å². The molecule has 1 aliphatic rings. The summed E-state index contributed by atoms with van der Waals surface area (Å²) in [5.74, 6) is -0.941. The number of benzene rings is 3. The Bertz CT molecular complexity index is 1170. The third-order valence-corrected chi connectivity index (χ3v) is 7.22. The number of hydrogen-bond donors (Lipinski definition) is 0. The summed E-state index contributed by atoms with van der Waals surface area (Å²) in [6, 6.07) is 15.9. The van der Waals surface area contributed by atoms with Crippen LogP contribution in [0.2, 0.25) is 0 Å². The molecule has 4 heteroatoms. The molecule has 0 bridgehead atoms. The van der Waals surface area contributed by atoms with Crippen molar-refractivity contribution >= 4 is 6.08 Å². The van der Waals surface area contributed by atoms with Gasteiger partial charge in [0.05, 0.1) is 6.61 Å². The molecule has 1 aliphatic carbocycles. The highest BCUT2D eigenvalue weighted by atomic mass is 19.2. The van der Waals surface area contributed by atoms with E-state index in [0.29, 0.717) is 40.5 Å². The lowest BCUT2D eigenvalue weighted by Crippen LogP contribution is -2.13. The average Bonchev–Trinajstić information content (AvgIpc) is 2.89. The fourth-order valence-electron chi connectivity index (χ4n) is 4.97. The van der Waals surface area contributed by atoms with Gasteiger partial charge in [-0.25, -0.2) is 13.2 Å². The third-order valence-electron chi connectivity index (χ3n) is 7.22. The summed E-state index contributed by atoms with van der Waals surface area (Å²) in [5, 5.41) is 0. The Kier molecular flexibility index (Phi) is 8.90. The normalized spacial score (nSPS) is 18.0. The number of unbranched alkanes of at least 4 members (excludes halogenated alkanes) is 2. The van der Waals surface area contributed by atoms with E-state index < -0.39 is 11.6 Å². The smallest absolute Gasteiger partial charge is 0.166 e. The van der Waals surface area contributed by atoms with Gasteiger partial charge in [-0.3, -0.25) is 0 Å². The predicted molar refractivity (Wildman–Crippen MR) is 142 cm³/mol. The molecule has 0 saturated heterocycles. The molecule has 36 heavy (non-hydrogen) atoms. The Morgan fingerprint density at radius 2 is 1.61 bits per heavy atom. The predicted octanol–water partition coefficient (Wildman–Crippen LogP) is 9.64. The number of aryl methyl sites for hydroxylation is 1. The first-order valence-electron chi connectivity index (χ1n) is 13.1. The molecule has 190 valence electrons. The van der Waals surface area contributed by atoms with Crippen molar-refractivity contribution in [3.8, 4) is 16.9 Å². The van der Waals surface area contributed by atoms with Gasteiger partial charge in [0.2, 0.25) is 0 Å². The van der Waals surface area contributed by atoms with E-state index in [9.17, 15) is 8.78 Å². The van der Waals surface area contributed by atoms with Crippen LogP contribution in [0.15, 0.2) is 60.7 Å². The van der Waals surface area contributed by atoms with Crippen molar-refractivity contribution in [2.45, 2.75) is 64.7 Å². The zero-order valence-electron chi connectivity index (χ0n) is 21.2.